The van der Waals surface area contributed by atoms with Crippen molar-refractivity contribution in [1.29, 1.82) is 0 Å². The van der Waals surface area contributed by atoms with Crippen LogP contribution in [-0.2, 0) is 11.3 Å². The molecule has 108 valence electrons. The molecule has 0 bridgehead atoms. The van der Waals surface area contributed by atoms with Gasteiger partial charge in [-0.3, -0.25) is 4.90 Å². The van der Waals surface area contributed by atoms with Gasteiger partial charge in [0.15, 0.2) is 0 Å². The number of hydrogen-bond donors (Lipinski definition) is 2. The highest BCUT2D eigenvalue weighted by molar-refractivity contribution is 5.85. The van der Waals surface area contributed by atoms with Crippen molar-refractivity contribution in [2.24, 2.45) is 0 Å². The Labute approximate surface area is 119 Å². The molecule has 1 saturated carbocycles. The first kappa shape index (κ1) is 14.8. The number of carbonyl (C=O) groups is 1. The Morgan fingerprint density at radius 2 is 2.10 bits per heavy atom. The van der Waals surface area contributed by atoms with Crippen molar-refractivity contribution in [3.63, 3.8) is 0 Å². The van der Waals surface area contributed by atoms with Crippen LogP contribution in [0.25, 0.3) is 6.08 Å². The molecule has 0 amide bonds. The van der Waals surface area contributed by atoms with E-state index in [1.165, 1.54) is 25.3 Å². The van der Waals surface area contributed by atoms with Crippen LogP contribution in [0.1, 0.15) is 30.4 Å². The van der Waals surface area contributed by atoms with Gasteiger partial charge in [-0.05, 0) is 30.0 Å². The molecule has 0 unspecified atom stereocenters. The van der Waals surface area contributed by atoms with E-state index in [-0.39, 0.29) is 6.61 Å². The Morgan fingerprint density at radius 3 is 2.70 bits per heavy atom. The summed E-state index contributed by atoms with van der Waals surface area (Å²) in [6.07, 6.45) is 6.43. The lowest BCUT2D eigenvalue weighted by Crippen LogP contribution is -2.41. The number of benzene rings is 1. The van der Waals surface area contributed by atoms with Gasteiger partial charge in [-0.2, -0.15) is 0 Å². The van der Waals surface area contributed by atoms with Crippen molar-refractivity contribution < 1.29 is 15.0 Å². The molecule has 1 aliphatic rings. The van der Waals surface area contributed by atoms with E-state index in [9.17, 15) is 9.90 Å². The molecule has 1 aliphatic carbocycles. The normalized spacial score (nSPS) is 15.7. The second-order valence-corrected chi connectivity index (χ2v) is 5.15. The van der Waals surface area contributed by atoms with Gasteiger partial charge in [0, 0.05) is 25.2 Å². The Morgan fingerprint density at radius 1 is 1.35 bits per heavy atom. The molecule has 0 radical (unpaired) electrons. The number of rotatable bonds is 7. The quantitative estimate of drug-likeness (QED) is 0.748. The average Bonchev–Trinajstić information content (AvgIpc) is 2.36. The first-order valence-corrected chi connectivity index (χ1v) is 7.04. The lowest BCUT2D eigenvalue weighted by atomic mass is 9.91. The van der Waals surface area contributed by atoms with Gasteiger partial charge in [0.2, 0.25) is 0 Å². The molecule has 1 aromatic rings. The number of hydrogen-bond acceptors (Lipinski definition) is 3. The van der Waals surface area contributed by atoms with Crippen LogP contribution in [0.15, 0.2) is 30.3 Å². The average molecular weight is 275 g/mol. The Hall–Kier alpha value is -1.65. The van der Waals surface area contributed by atoms with E-state index in [1.807, 2.05) is 24.3 Å². The van der Waals surface area contributed by atoms with Crippen LogP contribution in [0.5, 0.6) is 0 Å². The molecule has 2 rings (SSSR count). The monoisotopic (exact) mass is 275 g/mol. The molecule has 0 saturated heterocycles. The van der Waals surface area contributed by atoms with Crippen LogP contribution in [0.3, 0.4) is 0 Å². The van der Waals surface area contributed by atoms with Crippen molar-refractivity contribution in [1.82, 2.24) is 4.90 Å². The highest BCUT2D eigenvalue weighted by Gasteiger charge is 2.24. The largest absolute Gasteiger partial charge is 0.478 e. The summed E-state index contributed by atoms with van der Waals surface area (Å²) >= 11 is 0. The second-order valence-electron chi connectivity index (χ2n) is 5.15. The fourth-order valence-electron chi connectivity index (χ4n) is 2.49. The first-order chi connectivity index (χ1) is 9.70. The van der Waals surface area contributed by atoms with Crippen molar-refractivity contribution >= 4 is 12.0 Å². The van der Waals surface area contributed by atoms with Gasteiger partial charge >= 0.3 is 5.97 Å². The number of aliphatic hydroxyl groups is 1. The molecule has 0 heterocycles. The van der Waals surface area contributed by atoms with Gasteiger partial charge < -0.3 is 10.2 Å². The highest BCUT2D eigenvalue weighted by Crippen LogP contribution is 2.26. The van der Waals surface area contributed by atoms with Crippen molar-refractivity contribution in [3.8, 4) is 0 Å². The number of nitrogens with zero attached hydrogens (tertiary/aromatic N) is 1. The summed E-state index contributed by atoms with van der Waals surface area (Å²) in [5.74, 6) is -0.939. The maximum Gasteiger partial charge on any atom is 0.328 e. The number of aliphatic hydroxyl groups excluding tert-OH is 1. The van der Waals surface area contributed by atoms with E-state index in [1.54, 1.807) is 6.08 Å². The smallest absolute Gasteiger partial charge is 0.328 e. The van der Waals surface area contributed by atoms with E-state index >= 15 is 0 Å². The van der Waals surface area contributed by atoms with E-state index < -0.39 is 5.97 Å². The molecule has 2 N–H and O–H groups in total. The molecule has 0 spiro atoms. The Balaban J connectivity index is 2.12. The highest BCUT2D eigenvalue weighted by atomic mass is 16.4. The lowest BCUT2D eigenvalue weighted by molar-refractivity contribution is -0.131. The van der Waals surface area contributed by atoms with Crippen LogP contribution in [0, 0.1) is 0 Å². The zero-order chi connectivity index (χ0) is 14.4. The fourth-order valence-corrected chi connectivity index (χ4v) is 2.49. The van der Waals surface area contributed by atoms with E-state index in [4.69, 9.17) is 5.11 Å². The Kier molecular flexibility index (Phi) is 5.32. The topological polar surface area (TPSA) is 60.8 Å². The molecule has 0 aromatic heterocycles. The van der Waals surface area contributed by atoms with E-state index in [2.05, 4.69) is 4.90 Å². The molecule has 1 aromatic carbocycles. The van der Waals surface area contributed by atoms with E-state index in [0.29, 0.717) is 12.6 Å². The van der Waals surface area contributed by atoms with Crippen molar-refractivity contribution in [3.05, 3.63) is 41.5 Å². The van der Waals surface area contributed by atoms with Gasteiger partial charge in [0.05, 0.1) is 6.61 Å². The zero-order valence-electron chi connectivity index (χ0n) is 11.5. The zero-order valence-corrected chi connectivity index (χ0v) is 11.5. The summed E-state index contributed by atoms with van der Waals surface area (Å²) in [4.78, 5) is 12.9. The molecule has 0 atom stereocenters. The van der Waals surface area contributed by atoms with Gasteiger partial charge in [0.1, 0.15) is 0 Å². The summed E-state index contributed by atoms with van der Waals surface area (Å²) in [5, 5.41) is 17.9. The first-order valence-electron chi connectivity index (χ1n) is 7.04. The second kappa shape index (κ2) is 7.22. The van der Waals surface area contributed by atoms with Gasteiger partial charge in [0.25, 0.3) is 0 Å². The van der Waals surface area contributed by atoms with Crippen LogP contribution < -0.4 is 0 Å². The molecule has 4 heteroatoms. The van der Waals surface area contributed by atoms with Crippen LogP contribution in [0.2, 0.25) is 0 Å². The minimum Gasteiger partial charge on any atom is -0.478 e. The minimum atomic E-state index is -0.939. The standard InChI is InChI=1S/C16H21NO3/c18-11-10-17(15-6-3-7-15)12-14-5-2-1-4-13(14)8-9-16(19)20/h1-2,4-5,8-9,15,18H,3,6-7,10-12H2,(H,19,20)/b9-8+. The van der Waals surface area contributed by atoms with E-state index in [0.717, 1.165) is 17.7 Å². The molecular formula is C16H21NO3. The summed E-state index contributed by atoms with van der Waals surface area (Å²) in [6, 6.07) is 8.37. The number of carboxylic acids is 1. The maximum atomic E-state index is 10.6. The molecule has 0 aliphatic heterocycles. The minimum absolute atomic E-state index is 0.156. The van der Waals surface area contributed by atoms with Gasteiger partial charge in [-0.15, -0.1) is 0 Å². The lowest BCUT2D eigenvalue weighted by Gasteiger charge is -2.37. The third kappa shape index (κ3) is 3.92. The number of aliphatic carboxylic acids is 1. The molecular weight excluding hydrogens is 254 g/mol. The third-order valence-corrected chi connectivity index (χ3v) is 3.81. The van der Waals surface area contributed by atoms with Crippen LogP contribution in [-0.4, -0.2) is 40.3 Å². The molecule has 20 heavy (non-hydrogen) atoms. The van der Waals surface area contributed by atoms with Crippen molar-refractivity contribution in [2.75, 3.05) is 13.2 Å². The summed E-state index contributed by atoms with van der Waals surface area (Å²) in [6.45, 7) is 1.58. The number of carboxylic acid groups (broad SMARTS) is 1. The Bertz CT molecular complexity index is 480. The van der Waals surface area contributed by atoms with Gasteiger partial charge in [-0.1, -0.05) is 30.7 Å². The van der Waals surface area contributed by atoms with Crippen LogP contribution >= 0.6 is 0 Å². The predicted octanol–water partition coefficient (Wildman–Crippen LogP) is 2.13. The van der Waals surface area contributed by atoms with Gasteiger partial charge in [-0.25, -0.2) is 4.79 Å². The fraction of sp³-hybridized carbons (Fsp3) is 0.438. The summed E-state index contributed by atoms with van der Waals surface area (Å²) < 4.78 is 0. The maximum absolute atomic E-state index is 10.6. The van der Waals surface area contributed by atoms with Crippen LogP contribution in [0.4, 0.5) is 0 Å². The molecule has 1 fully saturated rings. The third-order valence-electron chi connectivity index (χ3n) is 3.81. The predicted molar refractivity (Wildman–Crippen MR) is 78.2 cm³/mol. The summed E-state index contributed by atoms with van der Waals surface area (Å²) in [7, 11) is 0. The van der Waals surface area contributed by atoms with Crippen molar-refractivity contribution in [2.45, 2.75) is 31.8 Å². The summed E-state index contributed by atoms with van der Waals surface area (Å²) in [5.41, 5.74) is 2.03. The SMILES string of the molecule is O=C(O)/C=C/c1ccccc1CN(CCO)C1CCC1. The molecule has 4 nitrogen and oxygen atoms in total.